The van der Waals surface area contributed by atoms with E-state index >= 15 is 0 Å². The van der Waals surface area contributed by atoms with Crippen molar-refractivity contribution in [2.75, 3.05) is 0 Å². The van der Waals surface area contributed by atoms with Gasteiger partial charge in [0.2, 0.25) is 0 Å². The second kappa shape index (κ2) is 5.60. The van der Waals surface area contributed by atoms with Gasteiger partial charge in [0.05, 0.1) is 5.56 Å². The Labute approximate surface area is 126 Å². The Hall–Kier alpha value is -1.69. The van der Waals surface area contributed by atoms with Crippen LogP contribution in [0, 0.1) is 12.7 Å². The van der Waals surface area contributed by atoms with E-state index in [9.17, 15) is 22.4 Å². The molecule has 1 nitrogen and oxygen atoms in total. The predicted octanol–water partition coefficient (Wildman–Crippen LogP) is 5.15. The fraction of sp³-hybridized carbons (Fsp3) is 0.133. The quantitative estimate of drug-likeness (QED) is 0.534. The smallest absolute Gasteiger partial charge is 0.289 e. The SMILES string of the molecule is Cc1cc(F)ccc1C(=O)c1ccc(Br)cc1C(F)(F)F. The van der Waals surface area contributed by atoms with Crippen LogP contribution in [-0.2, 0) is 6.18 Å². The number of hydrogen-bond acceptors (Lipinski definition) is 1. The molecule has 2 rings (SSSR count). The number of benzene rings is 2. The summed E-state index contributed by atoms with van der Waals surface area (Å²) in [6, 6.07) is 6.67. The number of alkyl halides is 3. The molecule has 6 heteroatoms. The topological polar surface area (TPSA) is 17.1 Å². The number of aryl methyl sites for hydroxylation is 1. The fourth-order valence-electron chi connectivity index (χ4n) is 1.98. The first kappa shape index (κ1) is 15.7. The van der Waals surface area contributed by atoms with E-state index in [-0.39, 0.29) is 15.6 Å². The Balaban J connectivity index is 2.59. The van der Waals surface area contributed by atoms with Crippen molar-refractivity contribution in [3.63, 3.8) is 0 Å². The Morgan fingerprint density at radius 3 is 2.24 bits per heavy atom. The van der Waals surface area contributed by atoms with Crippen LogP contribution in [0.2, 0.25) is 0 Å². The van der Waals surface area contributed by atoms with Crippen LogP contribution in [0.5, 0.6) is 0 Å². The van der Waals surface area contributed by atoms with E-state index in [0.717, 1.165) is 24.3 Å². The van der Waals surface area contributed by atoms with Gasteiger partial charge in [-0.15, -0.1) is 0 Å². The van der Waals surface area contributed by atoms with Crippen LogP contribution in [-0.4, -0.2) is 5.78 Å². The lowest BCUT2D eigenvalue weighted by Crippen LogP contribution is -2.14. The van der Waals surface area contributed by atoms with Crippen molar-refractivity contribution in [2.24, 2.45) is 0 Å². The minimum atomic E-state index is -4.65. The van der Waals surface area contributed by atoms with Crippen LogP contribution in [0.15, 0.2) is 40.9 Å². The van der Waals surface area contributed by atoms with E-state index in [0.29, 0.717) is 0 Å². The van der Waals surface area contributed by atoms with Gasteiger partial charge in [-0.25, -0.2) is 4.39 Å². The number of carbonyl (C=O) groups is 1. The molecule has 0 N–H and O–H groups in total. The zero-order valence-corrected chi connectivity index (χ0v) is 12.3. The van der Waals surface area contributed by atoms with Crippen LogP contribution in [0.3, 0.4) is 0 Å². The van der Waals surface area contributed by atoms with Crippen molar-refractivity contribution in [1.29, 1.82) is 0 Å². The van der Waals surface area contributed by atoms with Crippen LogP contribution in [0.1, 0.15) is 27.0 Å². The van der Waals surface area contributed by atoms with Crippen molar-refractivity contribution in [1.82, 2.24) is 0 Å². The van der Waals surface area contributed by atoms with Gasteiger partial charge in [0.25, 0.3) is 0 Å². The summed E-state index contributed by atoms with van der Waals surface area (Å²) in [5, 5.41) is 0. The summed E-state index contributed by atoms with van der Waals surface area (Å²) in [7, 11) is 0. The zero-order valence-electron chi connectivity index (χ0n) is 10.8. The first-order chi connectivity index (χ1) is 9.70. The van der Waals surface area contributed by atoms with Gasteiger partial charge in [-0.05, 0) is 48.9 Å². The molecule has 0 amide bonds. The highest BCUT2D eigenvalue weighted by Gasteiger charge is 2.35. The highest BCUT2D eigenvalue weighted by molar-refractivity contribution is 9.10. The summed E-state index contributed by atoms with van der Waals surface area (Å²) >= 11 is 2.96. The van der Waals surface area contributed by atoms with Gasteiger partial charge in [0.1, 0.15) is 5.82 Å². The van der Waals surface area contributed by atoms with Crippen LogP contribution in [0.25, 0.3) is 0 Å². The number of carbonyl (C=O) groups excluding carboxylic acids is 1. The lowest BCUT2D eigenvalue weighted by molar-refractivity contribution is -0.137. The molecule has 0 aliphatic heterocycles. The molecule has 0 saturated heterocycles. The van der Waals surface area contributed by atoms with E-state index in [4.69, 9.17) is 0 Å². The lowest BCUT2D eigenvalue weighted by atomic mass is 9.95. The van der Waals surface area contributed by atoms with Crippen LogP contribution >= 0.6 is 15.9 Å². The van der Waals surface area contributed by atoms with Crippen molar-refractivity contribution < 1.29 is 22.4 Å². The third kappa shape index (κ3) is 3.32. The Morgan fingerprint density at radius 1 is 1.05 bits per heavy atom. The Bertz CT molecular complexity index is 707. The second-order valence-corrected chi connectivity index (χ2v) is 5.39. The molecular formula is C15H9BrF4O. The highest BCUT2D eigenvalue weighted by Crippen LogP contribution is 2.35. The van der Waals surface area contributed by atoms with E-state index in [1.807, 2.05) is 0 Å². The number of halogens is 5. The molecule has 21 heavy (non-hydrogen) atoms. The molecule has 0 aliphatic rings. The largest absolute Gasteiger partial charge is 0.417 e. The average Bonchev–Trinajstić information content (AvgIpc) is 2.37. The van der Waals surface area contributed by atoms with E-state index in [2.05, 4.69) is 15.9 Å². The zero-order chi connectivity index (χ0) is 15.8. The molecule has 0 atom stereocenters. The van der Waals surface area contributed by atoms with E-state index < -0.39 is 28.9 Å². The molecule has 0 radical (unpaired) electrons. The Kier molecular flexibility index (Phi) is 4.18. The molecule has 2 aromatic rings. The maximum absolute atomic E-state index is 13.0. The average molecular weight is 361 g/mol. The van der Waals surface area contributed by atoms with Gasteiger partial charge in [-0.1, -0.05) is 15.9 Å². The summed E-state index contributed by atoms with van der Waals surface area (Å²) in [5.74, 6) is -1.33. The van der Waals surface area contributed by atoms with Gasteiger partial charge in [0.15, 0.2) is 5.78 Å². The molecular weight excluding hydrogens is 352 g/mol. The predicted molar refractivity (Wildman–Crippen MR) is 73.7 cm³/mol. The molecule has 0 fully saturated rings. The maximum Gasteiger partial charge on any atom is 0.417 e. The van der Waals surface area contributed by atoms with Gasteiger partial charge in [0, 0.05) is 15.6 Å². The third-order valence-electron chi connectivity index (χ3n) is 2.96. The molecule has 2 aromatic carbocycles. The summed E-state index contributed by atoms with van der Waals surface area (Å²) < 4.78 is 52.4. The van der Waals surface area contributed by atoms with Gasteiger partial charge in [-0.2, -0.15) is 13.2 Å². The minimum Gasteiger partial charge on any atom is -0.289 e. The molecule has 0 bridgehead atoms. The van der Waals surface area contributed by atoms with Crippen molar-refractivity contribution in [2.45, 2.75) is 13.1 Å². The van der Waals surface area contributed by atoms with Crippen molar-refractivity contribution in [3.05, 3.63) is 68.9 Å². The monoisotopic (exact) mass is 360 g/mol. The standard InChI is InChI=1S/C15H9BrF4O/c1-8-6-10(17)3-5-11(8)14(21)12-4-2-9(16)7-13(12)15(18,19)20/h2-7H,1H3. The van der Waals surface area contributed by atoms with E-state index in [1.165, 1.54) is 19.1 Å². The fourth-order valence-corrected chi connectivity index (χ4v) is 2.34. The summed E-state index contributed by atoms with van der Waals surface area (Å²) in [5.41, 5.74) is -1.15. The molecule has 0 saturated carbocycles. The normalized spacial score (nSPS) is 11.5. The Morgan fingerprint density at radius 2 is 1.67 bits per heavy atom. The lowest BCUT2D eigenvalue weighted by Gasteiger charge is -2.13. The molecule has 0 aromatic heterocycles. The maximum atomic E-state index is 13.0. The van der Waals surface area contributed by atoms with Crippen molar-refractivity contribution in [3.8, 4) is 0 Å². The van der Waals surface area contributed by atoms with Gasteiger partial charge < -0.3 is 0 Å². The van der Waals surface area contributed by atoms with Gasteiger partial charge >= 0.3 is 6.18 Å². The van der Waals surface area contributed by atoms with Crippen molar-refractivity contribution >= 4 is 21.7 Å². The number of hydrogen-bond donors (Lipinski definition) is 0. The summed E-state index contributed by atoms with van der Waals surface area (Å²) in [6.45, 7) is 1.47. The first-order valence-corrected chi connectivity index (χ1v) is 6.67. The molecule has 0 heterocycles. The van der Waals surface area contributed by atoms with Crippen LogP contribution in [0.4, 0.5) is 17.6 Å². The molecule has 0 spiro atoms. The number of rotatable bonds is 2. The third-order valence-corrected chi connectivity index (χ3v) is 3.46. The van der Waals surface area contributed by atoms with Gasteiger partial charge in [-0.3, -0.25) is 4.79 Å². The second-order valence-electron chi connectivity index (χ2n) is 4.48. The summed E-state index contributed by atoms with van der Waals surface area (Å²) in [4.78, 5) is 12.3. The summed E-state index contributed by atoms with van der Waals surface area (Å²) in [6.07, 6.45) is -4.65. The van der Waals surface area contributed by atoms with E-state index in [1.54, 1.807) is 0 Å². The molecule has 110 valence electrons. The molecule has 0 aliphatic carbocycles. The highest BCUT2D eigenvalue weighted by atomic mass is 79.9. The molecule has 0 unspecified atom stereocenters. The number of ketones is 1. The first-order valence-electron chi connectivity index (χ1n) is 5.88. The van der Waals surface area contributed by atoms with Crippen LogP contribution < -0.4 is 0 Å². The minimum absolute atomic E-state index is 0.0456.